The molecular formula is C19H25O4P. The summed E-state index contributed by atoms with van der Waals surface area (Å²) < 4.78 is 21.7. The van der Waals surface area contributed by atoms with Crippen LogP contribution in [0, 0.1) is 0 Å². The van der Waals surface area contributed by atoms with Crippen LogP contribution >= 0.6 is 7.92 Å². The first-order valence-electron chi connectivity index (χ1n) is 8.00. The average Bonchev–Trinajstić information content (AvgIpc) is 2.63. The molecule has 0 fully saturated rings. The normalized spacial score (nSPS) is 10.8. The Kier molecular flexibility index (Phi) is 8.03. The summed E-state index contributed by atoms with van der Waals surface area (Å²) in [7, 11) is 2.67. The van der Waals surface area contributed by atoms with E-state index in [1.807, 2.05) is 24.3 Å². The molecule has 2 aromatic carbocycles. The second-order valence-electron chi connectivity index (χ2n) is 5.19. The number of hydrogen-bond donors (Lipinski definition) is 0. The molecule has 0 aliphatic rings. The highest BCUT2D eigenvalue weighted by Crippen LogP contribution is 2.40. The van der Waals surface area contributed by atoms with Crippen molar-refractivity contribution in [3.63, 3.8) is 0 Å². The topological polar surface area (TPSA) is 36.9 Å². The lowest BCUT2D eigenvalue weighted by Gasteiger charge is -2.23. The zero-order valence-corrected chi connectivity index (χ0v) is 15.4. The van der Waals surface area contributed by atoms with Crippen LogP contribution in [0.3, 0.4) is 0 Å². The lowest BCUT2D eigenvalue weighted by Crippen LogP contribution is -2.19. The fraction of sp³-hybridized carbons (Fsp3) is 0.368. The van der Waals surface area contributed by atoms with Gasteiger partial charge in [-0.3, -0.25) is 0 Å². The van der Waals surface area contributed by atoms with E-state index in [0.717, 1.165) is 24.1 Å². The molecule has 4 nitrogen and oxygen atoms in total. The van der Waals surface area contributed by atoms with E-state index in [1.54, 1.807) is 14.2 Å². The first-order chi connectivity index (χ1) is 11.8. The minimum atomic E-state index is -0.587. The van der Waals surface area contributed by atoms with Crippen LogP contribution in [0.25, 0.3) is 0 Å². The molecule has 0 atom stereocenters. The van der Waals surface area contributed by atoms with E-state index in [9.17, 15) is 0 Å². The van der Waals surface area contributed by atoms with Gasteiger partial charge in [0, 0.05) is 24.8 Å². The molecule has 0 bridgehead atoms. The third-order valence-electron chi connectivity index (χ3n) is 3.42. The Hall–Kier alpha value is -1.61. The van der Waals surface area contributed by atoms with Gasteiger partial charge in [-0.25, -0.2) is 0 Å². The molecule has 0 aliphatic heterocycles. The summed E-state index contributed by atoms with van der Waals surface area (Å²) in [5.74, 6) is 1.75. The maximum Gasteiger partial charge on any atom is 0.188 e. The Balaban J connectivity index is 2.40. The van der Waals surface area contributed by atoms with Crippen molar-refractivity contribution in [2.75, 3.05) is 34.0 Å². The maximum atomic E-state index is 5.78. The second-order valence-corrected chi connectivity index (χ2v) is 7.46. The van der Waals surface area contributed by atoms with Crippen LogP contribution in [-0.4, -0.2) is 34.0 Å². The van der Waals surface area contributed by atoms with Gasteiger partial charge >= 0.3 is 0 Å². The van der Waals surface area contributed by atoms with Gasteiger partial charge in [-0.1, -0.05) is 49.7 Å². The number of ether oxygens (including phenoxy) is 4. The van der Waals surface area contributed by atoms with Crippen LogP contribution in [0.15, 0.2) is 48.5 Å². The third kappa shape index (κ3) is 4.94. The molecular weight excluding hydrogens is 323 g/mol. The van der Waals surface area contributed by atoms with Gasteiger partial charge in [0.2, 0.25) is 0 Å². The highest BCUT2D eigenvalue weighted by Gasteiger charge is 2.20. The van der Waals surface area contributed by atoms with Crippen molar-refractivity contribution in [1.29, 1.82) is 0 Å². The van der Waals surface area contributed by atoms with Crippen LogP contribution in [0.1, 0.15) is 13.3 Å². The quantitative estimate of drug-likeness (QED) is 0.486. The number of benzene rings is 2. The van der Waals surface area contributed by atoms with Crippen molar-refractivity contribution in [3.8, 4) is 11.5 Å². The SMILES string of the molecule is CCCP(c1ccccc1OCOC)c1ccccc1OCOC. The molecule has 0 aliphatic carbocycles. The first kappa shape index (κ1) is 18.7. The van der Waals surface area contributed by atoms with Gasteiger partial charge in [0.25, 0.3) is 0 Å². The maximum absolute atomic E-state index is 5.78. The molecule has 0 unspecified atom stereocenters. The van der Waals surface area contributed by atoms with E-state index in [0.29, 0.717) is 0 Å². The predicted octanol–water partition coefficient (Wildman–Crippen LogP) is 3.49. The predicted molar refractivity (Wildman–Crippen MR) is 99.2 cm³/mol. The molecule has 0 aromatic heterocycles. The Labute approximate surface area is 145 Å². The minimum absolute atomic E-state index is 0.244. The van der Waals surface area contributed by atoms with E-state index >= 15 is 0 Å². The van der Waals surface area contributed by atoms with E-state index in [1.165, 1.54) is 10.6 Å². The van der Waals surface area contributed by atoms with Crippen molar-refractivity contribution in [2.24, 2.45) is 0 Å². The minimum Gasteiger partial charge on any atom is -0.467 e. The molecule has 0 spiro atoms. The van der Waals surface area contributed by atoms with Gasteiger partial charge in [-0.15, -0.1) is 0 Å². The van der Waals surface area contributed by atoms with Gasteiger partial charge in [-0.2, -0.15) is 0 Å². The highest BCUT2D eigenvalue weighted by atomic mass is 31.1. The van der Waals surface area contributed by atoms with E-state index in [4.69, 9.17) is 18.9 Å². The second kappa shape index (κ2) is 10.3. The number of methoxy groups -OCH3 is 2. The molecule has 0 amide bonds. The summed E-state index contributed by atoms with van der Waals surface area (Å²) in [5.41, 5.74) is 0. The fourth-order valence-corrected chi connectivity index (χ4v) is 4.97. The van der Waals surface area contributed by atoms with Crippen molar-refractivity contribution < 1.29 is 18.9 Å². The highest BCUT2D eigenvalue weighted by molar-refractivity contribution is 7.73. The summed E-state index contributed by atoms with van der Waals surface area (Å²) in [6.07, 6.45) is 2.15. The molecule has 0 radical (unpaired) electrons. The van der Waals surface area contributed by atoms with Gasteiger partial charge in [0.1, 0.15) is 11.5 Å². The molecule has 0 N–H and O–H groups in total. The van der Waals surface area contributed by atoms with Gasteiger partial charge in [0.05, 0.1) is 0 Å². The fourth-order valence-electron chi connectivity index (χ4n) is 2.44. The lowest BCUT2D eigenvalue weighted by atomic mass is 10.3. The Morgan fingerprint density at radius 1 is 0.750 bits per heavy atom. The summed E-state index contributed by atoms with van der Waals surface area (Å²) in [6, 6.07) is 16.4. The van der Waals surface area contributed by atoms with Crippen LogP contribution in [0.2, 0.25) is 0 Å². The van der Waals surface area contributed by atoms with E-state index < -0.39 is 7.92 Å². The number of hydrogen-bond acceptors (Lipinski definition) is 4. The molecule has 24 heavy (non-hydrogen) atoms. The van der Waals surface area contributed by atoms with Crippen molar-refractivity contribution in [1.82, 2.24) is 0 Å². The third-order valence-corrected chi connectivity index (χ3v) is 6.22. The molecule has 0 saturated heterocycles. The van der Waals surface area contributed by atoms with Gasteiger partial charge in [0.15, 0.2) is 13.6 Å². The monoisotopic (exact) mass is 348 g/mol. The van der Waals surface area contributed by atoms with Crippen LogP contribution in [-0.2, 0) is 9.47 Å². The summed E-state index contributed by atoms with van der Waals surface area (Å²) in [4.78, 5) is 0. The lowest BCUT2D eigenvalue weighted by molar-refractivity contribution is 0.0519. The van der Waals surface area contributed by atoms with Gasteiger partial charge in [-0.05, 0) is 26.2 Å². The van der Waals surface area contributed by atoms with Crippen molar-refractivity contribution in [3.05, 3.63) is 48.5 Å². The molecule has 5 heteroatoms. The largest absolute Gasteiger partial charge is 0.467 e. The Bertz CT molecular complexity index is 566. The van der Waals surface area contributed by atoms with Crippen molar-refractivity contribution in [2.45, 2.75) is 13.3 Å². The Morgan fingerprint density at radius 3 is 1.62 bits per heavy atom. The van der Waals surface area contributed by atoms with E-state index in [2.05, 4.69) is 31.2 Å². The van der Waals surface area contributed by atoms with E-state index in [-0.39, 0.29) is 13.6 Å². The van der Waals surface area contributed by atoms with Crippen LogP contribution < -0.4 is 20.1 Å². The standard InChI is InChI=1S/C19H25O4P/c1-4-13-24(18-11-7-5-9-16(18)22-14-20-2)19-12-8-6-10-17(19)23-15-21-3/h5-12H,4,13-15H2,1-3H3. The first-order valence-corrected chi connectivity index (χ1v) is 9.53. The van der Waals surface area contributed by atoms with Crippen LogP contribution in [0.4, 0.5) is 0 Å². The summed E-state index contributed by atoms with van der Waals surface area (Å²) >= 11 is 0. The average molecular weight is 348 g/mol. The van der Waals surface area contributed by atoms with Crippen molar-refractivity contribution >= 4 is 18.5 Å². The molecule has 130 valence electrons. The zero-order chi connectivity index (χ0) is 17.2. The summed E-state index contributed by atoms with van der Waals surface area (Å²) in [6.45, 7) is 2.69. The van der Waals surface area contributed by atoms with Crippen LogP contribution in [0.5, 0.6) is 11.5 Å². The number of rotatable bonds is 10. The zero-order valence-electron chi connectivity index (χ0n) is 14.5. The van der Waals surface area contributed by atoms with Gasteiger partial charge < -0.3 is 18.9 Å². The number of para-hydroxylation sites is 2. The smallest absolute Gasteiger partial charge is 0.188 e. The summed E-state index contributed by atoms with van der Waals surface area (Å²) in [5, 5.41) is 2.42. The molecule has 0 saturated carbocycles. The molecule has 0 heterocycles. The molecule has 2 rings (SSSR count). The Morgan fingerprint density at radius 2 is 1.21 bits per heavy atom. The molecule has 2 aromatic rings.